The van der Waals surface area contributed by atoms with Crippen LogP contribution < -0.4 is 4.74 Å². The van der Waals surface area contributed by atoms with Crippen molar-refractivity contribution in [3.8, 4) is 5.75 Å². The molecule has 0 aliphatic carbocycles. The highest BCUT2D eigenvalue weighted by atomic mass is 19.1. The number of methoxy groups -OCH3 is 1. The van der Waals surface area contributed by atoms with Gasteiger partial charge in [0, 0.05) is 50.7 Å². The summed E-state index contributed by atoms with van der Waals surface area (Å²) in [4.78, 5) is 21.5. The van der Waals surface area contributed by atoms with Crippen molar-refractivity contribution in [3.63, 3.8) is 0 Å². The number of halogens is 1. The standard InChI is InChI=1S/C25H28FN3O2/c1-31-21-9-5-19(6-10-21)7-12-24(30)29-15-3-14-28(16-17-29)18-20-8-11-23(26)22-4-2-13-27-25(20)22/h2,4-6,8-11,13H,3,7,12,14-18H2,1H3. The van der Waals surface area contributed by atoms with Gasteiger partial charge in [0.2, 0.25) is 5.91 Å². The summed E-state index contributed by atoms with van der Waals surface area (Å²) in [7, 11) is 1.65. The predicted molar refractivity (Wildman–Crippen MR) is 119 cm³/mol. The Kier molecular flexibility index (Phi) is 6.77. The second-order valence-corrected chi connectivity index (χ2v) is 7.96. The van der Waals surface area contributed by atoms with Gasteiger partial charge < -0.3 is 9.64 Å². The normalized spacial score (nSPS) is 15.1. The Morgan fingerprint density at radius 3 is 2.71 bits per heavy atom. The summed E-state index contributed by atoms with van der Waals surface area (Å²) in [6, 6.07) is 14.8. The summed E-state index contributed by atoms with van der Waals surface area (Å²) in [5.41, 5.74) is 2.89. The number of nitrogens with zero attached hydrogens (tertiary/aromatic N) is 3. The first-order valence-corrected chi connectivity index (χ1v) is 10.8. The molecule has 6 heteroatoms. The van der Waals surface area contributed by atoms with Crippen molar-refractivity contribution in [1.29, 1.82) is 0 Å². The van der Waals surface area contributed by atoms with Crippen molar-refractivity contribution in [2.75, 3.05) is 33.3 Å². The van der Waals surface area contributed by atoms with Crippen LogP contribution in [-0.4, -0.2) is 54.0 Å². The second kappa shape index (κ2) is 9.88. The maximum Gasteiger partial charge on any atom is 0.222 e. The van der Waals surface area contributed by atoms with Gasteiger partial charge in [-0.15, -0.1) is 0 Å². The highest BCUT2D eigenvalue weighted by Crippen LogP contribution is 2.22. The molecule has 0 radical (unpaired) electrons. The summed E-state index contributed by atoms with van der Waals surface area (Å²) in [6.07, 6.45) is 3.88. The molecule has 0 N–H and O–H groups in total. The van der Waals surface area contributed by atoms with Crippen molar-refractivity contribution in [1.82, 2.24) is 14.8 Å². The Bertz CT molecular complexity index is 1040. The van der Waals surface area contributed by atoms with Crippen LogP contribution in [0.1, 0.15) is 24.0 Å². The lowest BCUT2D eigenvalue weighted by Crippen LogP contribution is -2.35. The topological polar surface area (TPSA) is 45.7 Å². The van der Waals surface area contributed by atoms with Gasteiger partial charge in [-0.05, 0) is 54.3 Å². The van der Waals surface area contributed by atoms with Crippen LogP contribution in [0.2, 0.25) is 0 Å². The zero-order valence-corrected chi connectivity index (χ0v) is 17.9. The third-order valence-electron chi connectivity index (χ3n) is 5.92. The van der Waals surface area contributed by atoms with E-state index >= 15 is 0 Å². The average Bonchev–Trinajstić information content (AvgIpc) is 3.05. The molecular formula is C25H28FN3O2. The van der Waals surface area contributed by atoms with Crippen LogP contribution in [0.3, 0.4) is 0 Å². The lowest BCUT2D eigenvalue weighted by atomic mass is 10.1. The molecule has 1 saturated heterocycles. The van der Waals surface area contributed by atoms with Gasteiger partial charge >= 0.3 is 0 Å². The molecule has 1 amide bonds. The lowest BCUT2D eigenvalue weighted by Gasteiger charge is -2.22. The highest BCUT2D eigenvalue weighted by Gasteiger charge is 2.20. The number of aryl methyl sites for hydroxylation is 1. The van der Waals surface area contributed by atoms with E-state index in [1.807, 2.05) is 35.2 Å². The van der Waals surface area contributed by atoms with Crippen molar-refractivity contribution in [2.24, 2.45) is 0 Å². The number of hydrogen-bond acceptors (Lipinski definition) is 4. The van der Waals surface area contributed by atoms with Crippen LogP contribution in [0.15, 0.2) is 54.7 Å². The first-order valence-electron chi connectivity index (χ1n) is 10.8. The zero-order chi connectivity index (χ0) is 21.6. The van der Waals surface area contributed by atoms with Gasteiger partial charge in [0.25, 0.3) is 0 Å². The first kappa shape index (κ1) is 21.2. The van der Waals surface area contributed by atoms with E-state index in [1.165, 1.54) is 6.07 Å². The summed E-state index contributed by atoms with van der Waals surface area (Å²) >= 11 is 0. The van der Waals surface area contributed by atoms with E-state index in [-0.39, 0.29) is 11.7 Å². The fourth-order valence-corrected chi connectivity index (χ4v) is 4.14. The molecule has 0 saturated carbocycles. The Hall–Kier alpha value is -2.99. The van der Waals surface area contributed by atoms with E-state index in [9.17, 15) is 9.18 Å². The molecule has 0 atom stereocenters. The molecule has 3 aromatic rings. The number of hydrogen-bond donors (Lipinski definition) is 0. The molecule has 1 aliphatic heterocycles. The number of benzene rings is 2. The maximum absolute atomic E-state index is 14.1. The number of fused-ring (bicyclic) bond motifs is 1. The predicted octanol–water partition coefficient (Wildman–Crippen LogP) is 4.05. The van der Waals surface area contributed by atoms with Gasteiger partial charge in [-0.3, -0.25) is 14.7 Å². The number of aromatic nitrogens is 1. The number of pyridine rings is 1. The summed E-state index contributed by atoms with van der Waals surface area (Å²) in [5, 5.41) is 0.560. The van der Waals surface area contributed by atoms with Crippen LogP contribution in [0.4, 0.5) is 4.39 Å². The molecule has 2 heterocycles. The van der Waals surface area contributed by atoms with Crippen LogP contribution in [0, 0.1) is 5.82 Å². The number of carbonyl (C=O) groups excluding carboxylic acids is 1. The molecular weight excluding hydrogens is 393 g/mol. The van der Waals surface area contributed by atoms with Crippen LogP contribution in [0.25, 0.3) is 10.9 Å². The Labute approximate surface area is 182 Å². The van der Waals surface area contributed by atoms with Gasteiger partial charge in [0.15, 0.2) is 0 Å². The van der Waals surface area contributed by atoms with E-state index in [1.54, 1.807) is 25.4 Å². The molecule has 5 nitrogen and oxygen atoms in total. The first-order chi connectivity index (χ1) is 15.1. The molecule has 1 aliphatic rings. The number of ether oxygens (including phenoxy) is 1. The highest BCUT2D eigenvalue weighted by molar-refractivity contribution is 5.82. The summed E-state index contributed by atoms with van der Waals surface area (Å²) in [5.74, 6) is 0.787. The van der Waals surface area contributed by atoms with Crippen LogP contribution >= 0.6 is 0 Å². The van der Waals surface area contributed by atoms with Gasteiger partial charge in [-0.25, -0.2) is 4.39 Å². The molecule has 0 bridgehead atoms. The number of amides is 1. The van der Waals surface area contributed by atoms with Gasteiger partial charge in [-0.2, -0.15) is 0 Å². The number of carbonyl (C=O) groups is 1. The van der Waals surface area contributed by atoms with Crippen LogP contribution in [-0.2, 0) is 17.8 Å². The molecule has 4 rings (SSSR count). The van der Waals surface area contributed by atoms with Gasteiger partial charge in [0.05, 0.1) is 12.6 Å². The average molecular weight is 422 g/mol. The summed E-state index contributed by atoms with van der Waals surface area (Å²) < 4.78 is 19.3. The van der Waals surface area contributed by atoms with E-state index in [2.05, 4.69) is 9.88 Å². The third kappa shape index (κ3) is 5.20. The van der Waals surface area contributed by atoms with E-state index < -0.39 is 0 Å². The molecule has 1 fully saturated rings. The third-order valence-corrected chi connectivity index (χ3v) is 5.92. The minimum atomic E-state index is -0.239. The van der Waals surface area contributed by atoms with Gasteiger partial charge in [0.1, 0.15) is 11.6 Å². The van der Waals surface area contributed by atoms with Crippen LogP contribution in [0.5, 0.6) is 5.75 Å². The molecule has 31 heavy (non-hydrogen) atoms. The molecule has 1 aromatic heterocycles. The largest absolute Gasteiger partial charge is 0.497 e. The van der Waals surface area contributed by atoms with E-state index in [0.29, 0.717) is 24.9 Å². The quantitative estimate of drug-likeness (QED) is 0.602. The lowest BCUT2D eigenvalue weighted by molar-refractivity contribution is -0.131. The Morgan fingerprint density at radius 1 is 1.06 bits per heavy atom. The maximum atomic E-state index is 14.1. The second-order valence-electron chi connectivity index (χ2n) is 7.96. The summed E-state index contributed by atoms with van der Waals surface area (Å²) in [6.45, 7) is 3.92. The zero-order valence-electron chi connectivity index (χ0n) is 17.9. The SMILES string of the molecule is COc1ccc(CCC(=O)N2CCCN(Cc3ccc(F)c4cccnc34)CC2)cc1. The van der Waals surface area contributed by atoms with Crippen molar-refractivity contribution < 1.29 is 13.9 Å². The Morgan fingerprint density at radius 2 is 1.90 bits per heavy atom. The van der Waals surface area contributed by atoms with Gasteiger partial charge in [-0.1, -0.05) is 18.2 Å². The smallest absolute Gasteiger partial charge is 0.222 e. The molecule has 0 spiro atoms. The number of rotatable bonds is 6. The fourth-order valence-electron chi connectivity index (χ4n) is 4.14. The van der Waals surface area contributed by atoms with E-state index in [0.717, 1.165) is 54.9 Å². The molecule has 2 aromatic carbocycles. The monoisotopic (exact) mass is 421 g/mol. The van der Waals surface area contributed by atoms with E-state index in [4.69, 9.17) is 4.74 Å². The fraction of sp³-hybridized carbons (Fsp3) is 0.360. The minimum Gasteiger partial charge on any atom is -0.497 e. The molecule has 0 unspecified atom stereocenters. The Balaban J connectivity index is 1.33. The van der Waals surface area contributed by atoms with Crippen molar-refractivity contribution in [2.45, 2.75) is 25.8 Å². The minimum absolute atomic E-state index is 0.201. The molecule has 162 valence electrons. The van der Waals surface area contributed by atoms with Crippen molar-refractivity contribution in [3.05, 3.63) is 71.7 Å². The van der Waals surface area contributed by atoms with Crippen molar-refractivity contribution >= 4 is 16.8 Å².